The van der Waals surface area contributed by atoms with Crippen LogP contribution in [0, 0.1) is 5.41 Å². The van der Waals surface area contributed by atoms with Gasteiger partial charge in [-0.2, -0.15) is 0 Å². The predicted octanol–water partition coefficient (Wildman–Crippen LogP) is 5.42. The van der Waals surface area contributed by atoms with Crippen molar-refractivity contribution in [2.24, 2.45) is 5.41 Å². The van der Waals surface area contributed by atoms with Gasteiger partial charge < -0.3 is 34.3 Å². The second-order valence-electron chi connectivity index (χ2n) is 11.7. The monoisotopic (exact) mass is 652 g/mol. The van der Waals surface area contributed by atoms with Crippen molar-refractivity contribution in [3.63, 3.8) is 0 Å². The molecule has 0 aliphatic carbocycles. The van der Waals surface area contributed by atoms with Crippen LogP contribution in [0.25, 0.3) is 0 Å². The number of carboxylic acids is 1. The van der Waals surface area contributed by atoms with Crippen molar-refractivity contribution < 1.29 is 43.2 Å². The second-order valence-corrected chi connectivity index (χ2v) is 12.1. The molecule has 46 heavy (non-hydrogen) atoms. The Hall–Kier alpha value is -4.61. The molecule has 12 heteroatoms. The van der Waals surface area contributed by atoms with E-state index in [0.717, 1.165) is 0 Å². The van der Waals surface area contributed by atoms with Gasteiger partial charge in [-0.05, 0) is 42.0 Å². The summed E-state index contributed by atoms with van der Waals surface area (Å²) >= 11 is 6.50. The lowest BCUT2D eigenvalue weighted by atomic mass is 9.92. The molecule has 2 amide bonds. The molecular formula is C34H37ClN2O9. The zero-order chi connectivity index (χ0) is 33.6. The molecule has 0 saturated carbocycles. The molecule has 1 unspecified atom stereocenters. The number of fused-ring (bicyclic) bond motifs is 1. The number of rotatable bonds is 12. The van der Waals surface area contributed by atoms with Crippen LogP contribution in [-0.2, 0) is 35.1 Å². The summed E-state index contributed by atoms with van der Waals surface area (Å²) in [5, 5.41) is 12.2. The van der Waals surface area contributed by atoms with Crippen molar-refractivity contribution in [3.05, 3.63) is 82.4 Å². The van der Waals surface area contributed by atoms with Crippen LogP contribution >= 0.6 is 11.6 Å². The lowest BCUT2D eigenvalue weighted by molar-refractivity contribution is -0.144. The summed E-state index contributed by atoms with van der Waals surface area (Å²) in [6.45, 7) is 5.22. The Kier molecular flexibility index (Phi) is 10.9. The Labute approximate surface area is 272 Å². The van der Waals surface area contributed by atoms with Crippen LogP contribution in [0.5, 0.6) is 11.5 Å². The van der Waals surface area contributed by atoms with Crippen LogP contribution in [0.4, 0.5) is 11.4 Å². The molecule has 2 N–H and O–H groups in total. The van der Waals surface area contributed by atoms with Crippen molar-refractivity contribution in [1.82, 2.24) is 0 Å². The van der Waals surface area contributed by atoms with E-state index < -0.39 is 41.4 Å². The van der Waals surface area contributed by atoms with Gasteiger partial charge in [0.05, 0.1) is 33.7 Å². The van der Waals surface area contributed by atoms with Gasteiger partial charge in [0, 0.05) is 46.4 Å². The molecule has 3 aromatic carbocycles. The first-order chi connectivity index (χ1) is 21.8. The number of anilines is 2. The largest absolute Gasteiger partial charge is 0.493 e. The number of halogens is 1. The van der Waals surface area contributed by atoms with Gasteiger partial charge >= 0.3 is 11.9 Å². The summed E-state index contributed by atoms with van der Waals surface area (Å²) in [7, 11) is 3.01. The summed E-state index contributed by atoms with van der Waals surface area (Å²) < 4.78 is 23.1. The average molecular weight is 653 g/mol. The lowest BCUT2D eigenvalue weighted by Gasteiger charge is -2.33. The van der Waals surface area contributed by atoms with Gasteiger partial charge in [-0.1, -0.05) is 49.7 Å². The number of carboxylic acid groups (broad SMARTS) is 1. The Morgan fingerprint density at radius 1 is 1.02 bits per heavy atom. The number of amides is 2. The van der Waals surface area contributed by atoms with Crippen LogP contribution in [0.1, 0.15) is 50.0 Å². The number of nitrogens with zero attached hydrogens (tertiary/aromatic N) is 1. The summed E-state index contributed by atoms with van der Waals surface area (Å²) in [6, 6.07) is 16.8. The number of ether oxygens (including phenoxy) is 4. The number of para-hydroxylation sites is 1. The molecule has 0 saturated heterocycles. The number of hydrogen-bond donors (Lipinski definition) is 2. The van der Waals surface area contributed by atoms with Gasteiger partial charge in [-0.25, -0.2) is 0 Å². The summed E-state index contributed by atoms with van der Waals surface area (Å²) in [5.41, 5.74) is 1.95. The number of hydrogen-bond acceptors (Lipinski definition) is 8. The summed E-state index contributed by atoms with van der Waals surface area (Å²) in [5.74, 6) is -1.54. The molecule has 2 atom stereocenters. The maximum Gasteiger partial charge on any atom is 0.307 e. The molecule has 0 aromatic heterocycles. The van der Waals surface area contributed by atoms with Crippen molar-refractivity contribution >= 4 is 46.7 Å². The maximum atomic E-state index is 14.4. The number of methoxy groups -OCH3 is 2. The van der Waals surface area contributed by atoms with E-state index in [-0.39, 0.29) is 26.0 Å². The molecule has 0 fully saturated rings. The lowest BCUT2D eigenvalue weighted by Crippen LogP contribution is -2.46. The number of nitrogens with one attached hydrogen (secondary N) is 1. The molecular weight excluding hydrogens is 616 g/mol. The minimum absolute atomic E-state index is 0.0477. The first kappa shape index (κ1) is 34.3. The Bertz CT molecular complexity index is 1610. The number of aliphatic carboxylic acids is 1. The molecule has 4 rings (SSSR count). The molecule has 1 heterocycles. The molecule has 0 spiro atoms. The van der Waals surface area contributed by atoms with Crippen LogP contribution in [0.3, 0.4) is 0 Å². The van der Waals surface area contributed by atoms with E-state index in [0.29, 0.717) is 44.6 Å². The van der Waals surface area contributed by atoms with E-state index in [1.807, 2.05) is 13.8 Å². The highest BCUT2D eigenvalue weighted by molar-refractivity contribution is 6.30. The van der Waals surface area contributed by atoms with E-state index in [1.54, 1.807) is 65.6 Å². The molecule has 3 aromatic rings. The van der Waals surface area contributed by atoms with Gasteiger partial charge in [-0.3, -0.25) is 19.2 Å². The first-order valence-corrected chi connectivity index (χ1v) is 14.9. The van der Waals surface area contributed by atoms with E-state index in [9.17, 15) is 19.2 Å². The number of carbonyl (C=O) groups is 4. The van der Waals surface area contributed by atoms with Crippen molar-refractivity contribution in [2.45, 2.75) is 45.8 Å². The maximum absolute atomic E-state index is 14.4. The second kappa shape index (κ2) is 14.7. The minimum Gasteiger partial charge on any atom is -0.493 e. The minimum atomic E-state index is -1.26. The highest BCUT2D eigenvalue weighted by atomic mass is 35.5. The molecule has 1 aliphatic heterocycles. The van der Waals surface area contributed by atoms with E-state index >= 15 is 0 Å². The van der Waals surface area contributed by atoms with Crippen molar-refractivity contribution in [3.8, 4) is 11.5 Å². The zero-order valence-electron chi connectivity index (χ0n) is 26.3. The summed E-state index contributed by atoms with van der Waals surface area (Å²) in [6.07, 6.45) is -2.66. The van der Waals surface area contributed by atoms with Gasteiger partial charge in [-0.15, -0.1) is 0 Å². The molecule has 244 valence electrons. The Balaban J connectivity index is 1.76. The number of esters is 1. The quantitative estimate of drug-likeness (QED) is 0.245. The predicted molar refractivity (Wildman–Crippen MR) is 172 cm³/mol. The first-order valence-electron chi connectivity index (χ1n) is 14.5. The molecule has 0 radical (unpaired) electrons. The standard InChI is InChI=1S/C34H37ClN2O9/c1-20(38)45-19-34(2,3)18-37-26-14-11-22(35)16-25(26)31(24-7-6-8-27(43-4)32(24)44-5)46-28(33(37)42)17-29(39)36-23-12-9-21(10-13-23)15-30(40)41/h6-14,16,28,31H,15,17-19H2,1-5H3,(H,36,39)(H,40,41)/t28?,31-/m1/s1. The van der Waals surface area contributed by atoms with E-state index in [1.165, 1.54) is 21.1 Å². The number of benzene rings is 3. The van der Waals surface area contributed by atoms with Gasteiger partial charge in [0.2, 0.25) is 5.91 Å². The topological polar surface area (TPSA) is 141 Å². The SMILES string of the molecule is COc1cccc([C@H]2OC(CC(=O)Nc3ccc(CC(=O)O)cc3)C(=O)N(CC(C)(C)COC(C)=O)c3ccc(Cl)cc32)c1OC. The fraction of sp³-hybridized carbons (Fsp3) is 0.353. The van der Waals surface area contributed by atoms with Gasteiger partial charge in [0.25, 0.3) is 5.91 Å². The molecule has 0 bridgehead atoms. The zero-order valence-corrected chi connectivity index (χ0v) is 27.1. The average Bonchev–Trinajstić information content (AvgIpc) is 3.10. The molecule has 1 aliphatic rings. The molecule has 11 nitrogen and oxygen atoms in total. The van der Waals surface area contributed by atoms with Gasteiger partial charge in [0.15, 0.2) is 11.5 Å². The van der Waals surface area contributed by atoms with E-state index in [2.05, 4.69) is 5.32 Å². The smallest absolute Gasteiger partial charge is 0.307 e. The van der Waals surface area contributed by atoms with Crippen molar-refractivity contribution in [2.75, 3.05) is 37.6 Å². The number of carbonyl (C=O) groups excluding carboxylic acids is 3. The third-order valence-electron chi connectivity index (χ3n) is 7.34. The van der Waals surface area contributed by atoms with E-state index in [4.69, 9.17) is 35.7 Å². The normalized spacial score (nSPS) is 16.2. The third kappa shape index (κ3) is 8.35. The Morgan fingerprint density at radius 3 is 2.37 bits per heavy atom. The van der Waals surface area contributed by atoms with Crippen LogP contribution in [0.15, 0.2) is 60.7 Å². The third-order valence-corrected chi connectivity index (χ3v) is 7.57. The highest BCUT2D eigenvalue weighted by Gasteiger charge is 2.41. The summed E-state index contributed by atoms with van der Waals surface area (Å²) in [4.78, 5) is 51.9. The Morgan fingerprint density at radius 2 is 1.74 bits per heavy atom. The van der Waals surface area contributed by atoms with Crippen LogP contribution in [-0.4, -0.2) is 62.3 Å². The van der Waals surface area contributed by atoms with Gasteiger partial charge in [0.1, 0.15) is 12.2 Å². The fourth-order valence-electron chi connectivity index (χ4n) is 5.26. The fourth-order valence-corrected chi connectivity index (χ4v) is 5.44. The van der Waals surface area contributed by atoms with Crippen molar-refractivity contribution in [1.29, 1.82) is 0 Å². The van der Waals surface area contributed by atoms with Crippen LogP contribution < -0.4 is 19.7 Å². The van der Waals surface area contributed by atoms with Crippen LogP contribution in [0.2, 0.25) is 5.02 Å². The highest BCUT2D eigenvalue weighted by Crippen LogP contribution is 2.45.